The van der Waals surface area contributed by atoms with Gasteiger partial charge < -0.3 is 20.3 Å². The maximum absolute atomic E-state index is 11.5. The topological polar surface area (TPSA) is 111 Å². The Hall–Kier alpha value is -1.82. The Morgan fingerprint density at radius 3 is 2.53 bits per heavy atom. The van der Waals surface area contributed by atoms with E-state index in [1.807, 2.05) is 13.8 Å². The highest BCUT2D eigenvalue weighted by molar-refractivity contribution is 5.94. The third kappa shape index (κ3) is 4.69. The molecule has 0 aliphatic rings. The van der Waals surface area contributed by atoms with Gasteiger partial charge in [-0.3, -0.25) is 4.79 Å². The summed E-state index contributed by atoms with van der Waals surface area (Å²) in [6, 6.07) is 2.19. The van der Waals surface area contributed by atoms with Gasteiger partial charge in [0.2, 0.25) is 0 Å². The van der Waals surface area contributed by atoms with Crippen LogP contribution in [0.4, 0.5) is 0 Å². The van der Waals surface area contributed by atoms with Crippen LogP contribution >= 0.6 is 0 Å². The normalized spacial score (nSPS) is 11.7. The van der Waals surface area contributed by atoms with Crippen LogP contribution in [0.25, 0.3) is 0 Å². The maximum Gasteiger partial charge on any atom is 0.326 e. The molecule has 1 aromatic heterocycles. The molecule has 1 atom stereocenters. The van der Waals surface area contributed by atoms with Crippen LogP contribution in [0.5, 0.6) is 0 Å². The zero-order chi connectivity index (χ0) is 12.1. The minimum Gasteiger partial charge on any atom is -0.480 e. The molecule has 0 aliphatic heterocycles. The van der Waals surface area contributed by atoms with Crippen LogP contribution in [0.3, 0.4) is 0 Å². The lowest BCUT2D eigenvalue weighted by molar-refractivity contribution is -0.139. The summed E-state index contributed by atoms with van der Waals surface area (Å²) in [5.74, 6) is -1.22. The molecule has 1 rings (SSSR count). The number of carbonyl (C=O) groups is 2. The van der Waals surface area contributed by atoms with Crippen LogP contribution in [0.1, 0.15) is 30.8 Å². The number of carboxylic acid groups (broad SMARTS) is 1. The summed E-state index contributed by atoms with van der Waals surface area (Å²) >= 11 is 0. The summed E-state index contributed by atoms with van der Waals surface area (Å²) in [5.41, 5.74) is 0. The Bertz CT molecular complexity index is 358. The first kappa shape index (κ1) is 15.2. The van der Waals surface area contributed by atoms with Crippen LogP contribution in [0, 0.1) is 5.92 Å². The van der Waals surface area contributed by atoms with Crippen LogP contribution in [0.15, 0.2) is 22.8 Å². The van der Waals surface area contributed by atoms with Crippen molar-refractivity contribution in [3.63, 3.8) is 0 Å². The number of nitrogens with one attached hydrogen (secondary N) is 1. The first-order valence-electron chi connectivity index (χ1n) is 5.08. The van der Waals surface area contributed by atoms with Gasteiger partial charge in [0.1, 0.15) is 6.04 Å². The zero-order valence-electron chi connectivity index (χ0n) is 9.77. The molecule has 0 bridgehead atoms. The third-order valence-electron chi connectivity index (χ3n) is 2.06. The van der Waals surface area contributed by atoms with E-state index < -0.39 is 17.9 Å². The summed E-state index contributed by atoms with van der Waals surface area (Å²) in [4.78, 5) is 22.4. The molecule has 96 valence electrons. The molecule has 0 aromatic carbocycles. The van der Waals surface area contributed by atoms with Gasteiger partial charge in [-0.1, -0.05) is 13.8 Å². The number of furan rings is 1. The van der Waals surface area contributed by atoms with E-state index in [-0.39, 0.29) is 17.2 Å². The Labute approximate surface area is 98.9 Å². The highest BCUT2D eigenvalue weighted by Crippen LogP contribution is 2.07. The standard InChI is InChI=1S/C11H15NO4.H2O/c1-7(2)6-8(11(14)15)12-10(13)9-4-3-5-16-9;/h3-5,7-8H,6H2,1-2H3,(H,12,13)(H,14,15);1H2/t8-;/m0./s1. The molecule has 1 amide bonds. The highest BCUT2D eigenvalue weighted by atomic mass is 16.4. The van der Waals surface area contributed by atoms with E-state index in [1.165, 1.54) is 12.3 Å². The number of hydrogen-bond acceptors (Lipinski definition) is 3. The van der Waals surface area contributed by atoms with Gasteiger partial charge in [-0.05, 0) is 24.5 Å². The van der Waals surface area contributed by atoms with E-state index >= 15 is 0 Å². The van der Waals surface area contributed by atoms with E-state index in [0.29, 0.717) is 6.42 Å². The summed E-state index contributed by atoms with van der Waals surface area (Å²) in [6.07, 6.45) is 1.76. The molecule has 0 spiro atoms. The zero-order valence-corrected chi connectivity index (χ0v) is 9.77. The number of aliphatic carboxylic acids is 1. The van der Waals surface area contributed by atoms with Gasteiger partial charge in [-0.2, -0.15) is 0 Å². The van der Waals surface area contributed by atoms with Crippen molar-refractivity contribution >= 4 is 11.9 Å². The molecule has 0 radical (unpaired) electrons. The molecular formula is C11H17NO5. The number of carbonyl (C=O) groups excluding carboxylic acids is 1. The molecule has 0 saturated heterocycles. The lowest BCUT2D eigenvalue weighted by Crippen LogP contribution is -2.41. The molecule has 0 fully saturated rings. The second kappa shape index (κ2) is 6.70. The van der Waals surface area contributed by atoms with E-state index in [1.54, 1.807) is 6.07 Å². The second-order valence-corrected chi connectivity index (χ2v) is 3.97. The van der Waals surface area contributed by atoms with Crippen LogP contribution in [-0.2, 0) is 4.79 Å². The molecule has 0 saturated carbocycles. The molecule has 4 N–H and O–H groups in total. The maximum atomic E-state index is 11.5. The van der Waals surface area contributed by atoms with Crippen LogP contribution in [-0.4, -0.2) is 28.5 Å². The second-order valence-electron chi connectivity index (χ2n) is 3.97. The van der Waals surface area contributed by atoms with E-state index in [9.17, 15) is 9.59 Å². The summed E-state index contributed by atoms with van der Waals surface area (Å²) in [7, 11) is 0. The van der Waals surface area contributed by atoms with Crippen molar-refractivity contribution in [2.24, 2.45) is 5.92 Å². The average Bonchev–Trinajstić information content (AvgIpc) is 2.68. The SMILES string of the molecule is CC(C)C[C@H](NC(=O)c1ccco1)C(=O)O.O. The molecule has 17 heavy (non-hydrogen) atoms. The van der Waals surface area contributed by atoms with Crippen molar-refractivity contribution in [2.45, 2.75) is 26.3 Å². The number of amides is 1. The number of hydrogen-bond donors (Lipinski definition) is 2. The van der Waals surface area contributed by atoms with E-state index in [2.05, 4.69) is 5.32 Å². The van der Waals surface area contributed by atoms with Crippen LogP contribution < -0.4 is 5.32 Å². The van der Waals surface area contributed by atoms with Gasteiger partial charge in [0, 0.05) is 0 Å². The van der Waals surface area contributed by atoms with Crippen LogP contribution in [0.2, 0.25) is 0 Å². The van der Waals surface area contributed by atoms with Gasteiger partial charge in [-0.25, -0.2) is 4.79 Å². The van der Waals surface area contributed by atoms with Crippen molar-refractivity contribution < 1.29 is 24.6 Å². The van der Waals surface area contributed by atoms with Crippen molar-refractivity contribution in [3.8, 4) is 0 Å². The monoisotopic (exact) mass is 243 g/mol. The Kier molecular flexibility index (Phi) is 5.98. The fourth-order valence-corrected chi connectivity index (χ4v) is 1.33. The fraction of sp³-hybridized carbons (Fsp3) is 0.455. The predicted molar refractivity (Wildman–Crippen MR) is 60.7 cm³/mol. The minimum absolute atomic E-state index is 0. The number of rotatable bonds is 5. The smallest absolute Gasteiger partial charge is 0.326 e. The quantitative estimate of drug-likeness (QED) is 0.792. The molecule has 1 heterocycles. The Morgan fingerprint density at radius 2 is 2.12 bits per heavy atom. The molecule has 6 heteroatoms. The van der Waals surface area contributed by atoms with Crippen molar-refractivity contribution in [1.82, 2.24) is 5.32 Å². The highest BCUT2D eigenvalue weighted by Gasteiger charge is 2.22. The van der Waals surface area contributed by atoms with Gasteiger partial charge in [0.05, 0.1) is 6.26 Å². The Morgan fingerprint density at radius 1 is 1.47 bits per heavy atom. The van der Waals surface area contributed by atoms with Gasteiger partial charge in [0.25, 0.3) is 5.91 Å². The molecule has 0 aliphatic carbocycles. The molecule has 6 nitrogen and oxygen atoms in total. The lowest BCUT2D eigenvalue weighted by atomic mass is 10.0. The van der Waals surface area contributed by atoms with Gasteiger partial charge in [-0.15, -0.1) is 0 Å². The molecule has 1 aromatic rings. The fourth-order valence-electron chi connectivity index (χ4n) is 1.33. The average molecular weight is 243 g/mol. The Balaban J connectivity index is 0.00000256. The largest absolute Gasteiger partial charge is 0.480 e. The summed E-state index contributed by atoms with van der Waals surface area (Å²) in [6.45, 7) is 3.80. The van der Waals surface area contributed by atoms with Gasteiger partial charge >= 0.3 is 5.97 Å². The van der Waals surface area contributed by atoms with Crippen molar-refractivity contribution in [2.75, 3.05) is 0 Å². The third-order valence-corrected chi connectivity index (χ3v) is 2.06. The van der Waals surface area contributed by atoms with E-state index in [4.69, 9.17) is 9.52 Å². The van der Waals surface area contributed by atoms with E-state index in [0.717, 1.165) is 0 Å². The first-order chi connectivity index (χ1) is 7.50. The summed E-state index contributed by atoms with van der Waals surface area (Å²) < 4.78 is 4.88. The molecular weight excluding hydrogens is 226 g/mol. The first-order valence-corrected chi connectivity index (χ1v) is 5.08. The predicted octanol–water partition coefficient (Wildman–Crippen LogP) is 0.684. The number of carboxylic acids is 1. The van der Waals surface area contributed by atoms with Crippen molar-refractivity contribution in [1.29, 1.82) is 0 Å². The van der Waals surface area contributed by atoms with Crippen molar-refractivity contribution in [3.05, 3.63) is 24.2 Å². The lowest BCUT2D eigenvalue weighted by Gasteiger charge is -2.15. The van der Waals surface area contributed by atoms with Gasteiger partial charge in [0.15, 0.2) is 5.76 Å². The molecule has 0 unspecified atom stereocenters. The summed E-state index contributed by atoms with van der Waals surface area (Å²) in [5, 5.41) is 11.3. The minimum atomic E-state index is -1.03.